The summed E-state index contributed by atoms with van der Waals surface area (Å²) in [4.78, 5) is 18.5. The average Bonchev–Trinajstić information content (AvgIpc) is 2.93. The van der Waals surface area contributed by atoms with Gasteiger partial charge in [0.15, 0.2) is 0 Å². The van der Waals surface area contributed by atoms with E-state index in [1.54, 1.807) is 5.57 Å². The summed E-state index contributed by atoms with van der Waals surface area (Å²) >= 11 is 0. The van der Waals surface area contributed by atoms with Crippen molar-refractivity contribution in [3.63, 3.8) is 0 Å². The van der Waals surface area contributed by atoms with Gasteiger partial charge in [-0.15, -0.1) is 0 Å². The molecule has 1 saturated carbocycles. The van der Waals surface area contributed by atoms with Crippen LogP contribution in [0.5, 0.6) is 0 Å². The van der Waals surface area contributed by atoms with E-state index < -0.39 is 0 Å². The van der Waals surface area contributed by atoms with Crippen LogP contribution < -0.4 is 4.90 Å². The molecule has 1 N–H and O–H groups in total. The Kier molecular flexibility index (Phi) is 5.11. The van der Waals surface area contributed by atoms with Gasteiger partial charge in [-0.3, -0.25) is 9.78 Å². The van der Waals surface area contributed by atoms with Gasteiger partial charge in [-0.05, 0) is 42.7 Å². The molecular weight excluding hydrogens is 336 g/mol. The number of quaternary nitrogens is 1. The molecule has 4 nitrogen and oxygen atoms in total. The number of nitrogens with zero attached hydrogens (tertiary/aromatic N) is 1. The van der Waals surface area contributed by atoms with Crippen LogP contribution in [0, 0.1) is 23.2 Å². The number of allylic oxidation sites excluding steroid dienone is 1. The molecule has 27 heavy (non-hydrogen) atoms. The minimum absolute atomic E-state index is 0.00455. The molecular formula is C23H33N2O2+. The molecule has 1 aliphatic heterocycles. The summed E-state index contributed by atoms with van der Waals surface area (Å²) in [6.07, 6.45) is 10.2. The fourth-order valence-electron chi connectivity index (χ4n) is 5.65. The van der Waals surface area contributed by atoms with Crippen molar-refractivity contribution in [2.75, 3.05) is 20.1 Å². The molecule has 0 amide bonds. The SMILES string of the molecule is C[C@H]1CCC[C@]2(C)C[C@H]3OC(=O)[C@H](C[NH+](C)CCc4ccccn4)[C@H]3C=C12. The van der Waals surface area contributed by atoms with Crippen molar-refractivity contribution < 1.29 is 14.4 Å². The van der Waals surface area contributed by atoms with E-state index >= 15 is 0 Å². The van der Waals surface area contributed by atoms with Crippen LogP contribution in [-0.2, 0) is 16.0 Å². The van der Waals surface area contributed by atoms with Crippen LogP contribution in [0.1, 0.15) is 45.2 Å². The lowest BCUT2D eigenvalue weighted by Crippen LogP contribution is -3.10. The number of rotatable bonds is 5. The summed E-state index contributed by atoms with van der Waals surface area (Å²) in [6, 6.07) is 6.06. The third-order valence-corrected chi connectivity index (χ3v) is 7.18. The maximum atomic E-state index is 12.7. The summed E-state index contributed by atoms with van der Waals surface area (Å²) < 4.78 is 5.88. The average molecular weight is 370 g/mol. The first kappa shape index (κ1) is 18.7. The van der Waals surface area contributed by atoms with Gasteiger partial charge in [0.25, 0.3) is 0 Å². The van der Waals surface area contributed by atoms with Crippen molar-refractivity contribution in [1.29, 1.82) is 0 Å². The first-order valence-electron chi connectivity index (χ1n) is 10.6. The first-order chi connectivity index (χ1) is 13.0. The van der Waals surface area contributed by atoms with Gasteiger partial charge in [-0.2, -0.15) is 0 Å². The van der Waals surface area contributed by atoms with Crippen LogP contribution in [0.3, 0.4) is 0 Å². The summed E-state index contributed by atoms with van der Waals surface area (Å²) in [5.41, 5.74) is 2.96. The molecule has 2 aliphatic carbocycles. The number of hydrogen-bond acceptors (Lipinski definition) is 3. The zero-order valence-electron chi connectivity index (χ0n) is 16.9. The number of aromatic nitrogens is 1. The molecule has 6 atom stereocenters. The Morgan fingerprint density at radius 3 is 3.00 bits per heavy atom. The number of ether oxygens (including phenoxy) is 1. The van der Waals surface area contributed by atoms with Gasteiger partial charge < -0.3 is 9.64 Å². The van der Waals surface area contributed by atoms with Gasteiger partial charge in [0, 0.05) is 24.2 Å². The molecule has 3 aliphatic rings. The van der Waals surface area contributed by atoms with Crippen molar-refractivity contribution in [3.8, 4) is 0 Å². The van der Waals surface area contributed by atoms with Crippen LogP contribution in [0.4, 0.5) is 0 Å². The quantitative estimate of drug-likeness (QED) is 0.640. The van der Waals surface area contributed by atoms with E-state index in [4.69, 9.17) is 4.74 Å². The molecule has 1 aromatic heterocycles. The number of carbonyl (C=O) groups is 1. The molecule has 2 heterocycles. The van der Waals surface area contributed by atoms with E-state index in [-0.39, 0.29) is 29.3 Å². The molecule has 0 aromatic carbocycles. The first-order valence-corrected chi connectivity index (χ1v) is 10.6. The highest BCUT2D eigenvalue weighted by atomic mass is 16.6. The van der Waals surface area contributed by atoms with Crippen molar-refractivity contribution in [3.05, 3.63) is 41.7 Å². The van der Waals surface area contributed by atoms with Crippen LogP contribution in [0.15, 0.2) is 36.0 Å². The summed E-state index contributed by atoms with van der Waals surface area (Å²) in [5, 5.41) is 0. The van der Waals surface area contributed by atoms with E-state index in [1.807, 2.05) is 18.3 Å². The minimum Gasteiger partial charge on any atom is -0.461 e. The number of likely N-dealkylation sites (N-methyl/N-ethyl adjacent to an activating group) is 1. The standard InChI is InChI=1S/C23H32N2O2/c1-16-7-6-10-23(2)14-21-18(13-20(16)23)19(22(26)27-21)15-25(3)12-9-17-8-4-5-11-24-17/h4-5,8,11,13,16,18-19,21H,6-7,9-10,12,14-15H2,1-3H3/p+1/t16-,18+,19+,21+,23+/m0/s1. The molecule has 1 aromatic rings. The molecule has 4 heteroatoms. The maximum absolute atomic E-state index is 12.7. The van der Waals surface area contributed by atoms with Crippen molar-refractivity contribution in [2.24, 2.45) is 23.2 Å². The molecule has 0 spiro atoms. The second-order valence-corrected chi connectivity index (χ2v) is 9.32. The lowest BCUT2D eigenvalue weighted by Gasteiger charge is -2.46. The lowest BCUT2D eigenvalue weighted by atomic mass is 9.59. The number of nitrogens with one attached hydrogen (secondary N) is 1. The molecule has 2 fully saturated rings. The molecule has 4 rings (SSSR count). The van der Waals surface area contributed by atoms with Gasteiger partial charge >= 0.3 is 5.97 Å². The number of fused-ring (bicyclic) bond motifs is 2. The highest BCUT2D eigenvalue weighted by Gasteiger charge is 2.52. The Balaban J connectivity index is 1.44. The summed E-state index contributed by atoms with van der Waals surface area (Å²) in [6.45, 7) is 6.58. The summed E-state index contributed by atoms with van der Waals surface area (Å²) in [5.74, 6) is 0.944. The second-order valence-electron chi connectivity index (χ2n) is 9.32. The largest absolute Gasteiger partial charge is 0.461 e. The molecule has 146 valence electrons. The predicted molar refractivity (Wildman–Crippen MR) is 105 cm³/mol. The van der Waals surface area contributed by atoms with Gasteiger partial charge in [0.1, 0.15) is 12.0 Å². The highest BCUT2D eigenvalue weighted by Crippen LogP contribution is 2.53. The third-order valence-electron chi connectivity index (χ3n) is 7.18. The van der Waals surface area contributed by atoms with Gasteiger partial charge in [-0.25, -0.2) is 0 Å². The fourth-order valence-corrected chi connectivity index (χ4v) is 5.65. The van der Waals surface area contributed by atoms with E-state index in [0.29, 0.717) is 5.92 Å². The number of esters is 1. The smallest absolute Gasteiger partial charge is 0.315 e. The number of hydrogen-bond donors (Lipinski definition) is 1. The minimum atomic E-state index is 0.00455. The van der Waals surface area contributed by atoms with Crippen LogP contribution in [0.2, 0.25) is 0 Å². The van der Waals surface area contributed by atoms with Crippen LogP contribution >= 0.6 is 0 Å². The Morgan fingerprint density at radius 2 is 2.22 bits per heavy atom. The van der Waals surface area contributed by atoms with Crippen molar-refractivity contribution >= 4 is 5.97 Å². The topological polar surface area (TPSA) is 43.6 Å². The lowest BCUT2D eigenvalue weighted by molar-refractivity contribution is -0.882. The Morgan fingerprint density at radius 1 is 1.37 bits per heavy atom. The van der Waals surface area contributed by atoms with Crippen LogP contribution in [-0.4, -0.2) is 37.2 Å². The van der Waals surface area contributed by atoms with Gasteiger partial charge in [-0.1, -0.05) is 38.0 Å². The number of pyridine rings is 1. The van der Waals surface area contributed by atoms with Crippen molar-refractivity contribution in [1.82, 2.24) is 4.98 Å². The monoisotopic (exact) mass is 369 g/mol. The Bertz CT molecular complexity index is 716. The molecule has 1 saturated heterocycles. The van der Waals surface area contributed by atoms with Gasteiger partial charge in [0.05, 0.1) is 20.1 Å². The van der Waals surface area contributed by atoms with Crippen molar-refractivity contribution in [2.45, 2.75) is 52.1 Å². The van der Waals surface area contributed by atoms with E-state index in [2.05, 4.69) is 38.0 Å². The van der Waals surface area contributed by atoms with E-state index in [0.717, 1.165) is 31.6 Å². The fraction of sp³-hybridized carbons (Fsp3) is 0.652. The zero-order valence-corrected chi connectivity index (χ0v) is 16.9. The molecule has 0 bridgehead atoms. The zero-order chi connectivity index (χ0) is 19.0. The number of carbonyl (C=O) groups excluding carboxylic acids is 1. The Hall–Kier alpha value is -1.68. The second kappa shape index (κ2) is 7.38. The highest BCUT2D eigenvalue weighted by molar-refractivity contribution is 5.76. The molecule has 1 unspecified atom stereocenters. The maximum Gasteiger partial charge on any atom is 0.315 e. The van der Waals surface area contributed by atoms with Gasteiger partial charge in [0.2, 0.25) is 0 Å². The normalized spacial score (nSPS) is 36.4. The summed E-state index contributed by atoms with van der Waals surface area (Å²) in [7, 11) is 2.19. The Labute approximate surface area is 163 Å². The third kappa shape index (κ3) is 3.69. The predicted octanol–water partition coefficient (Wildman–Crippen LogP) is 2.45. The van der Waals surface area contributed by atoms with E-state index in [1.165, 1.54) is 24.2 Å². The molecule has 0 radical (unpaired) electrons. The van der Waals surface area contributed by atoms with Crippen LogP contribution in [0.25, 0.3) is 0 Å². The van der Waals surface area contributed by atoms with E-state index in [9.17, 15) is 4.79 Å².